The monoisotopic (exact) mass is 330 g/mol. The third-order valence-corrected chi connectivity index (χ3v) is 3.58. The Hall–Kier alpha value is -2.70. The van der Waals surface area contributed by atoms with E-state index in [4.69, 9.17) is 10.3 Å². The molecule has 0 bridgehead atoms. The molecule has 0 atom stereocenters. The van der Waals surface area contributed by atoms with E-state index < -0.39 is 5.91 Å². The lowest BCUT2D eigenvalue weighted by atomic mass is 10.1. The van der Waals surface area contributed by atoms with Gasteiger partial charge in [-0.3, -0.25) is 19.5 Å². The van der Waals surface area contributed by atoms with Crippen molar-refractivity contribution in [3.8, 4) is 11.4 Å². The molecule has 24 heavy (non-hydrogen) atoms. The quantitative estimate of drug-likeness (QED) is 0.841. The first-order valence-electron chi connectivity index (χ1n) is 8.00. The molecular weight excluding hydrogens is 308 g/mol. The first-order chi connectivity index (χ1) is 11.5. The van der Waals surface area contributed by atoms with Crippen LogP contribution < -0.4 is 10.6 Å². The van der Waals surface area contributed by atoms with Crippen molar-refractivity contribution in [2.75, 3.05) is 4.90 Å². The Morgan fingerprint density at radius 2 is 2.08 bits per heavy atom. The molecule has 7 heteroatoms. The van der Waals surface area contributed by atoms with Crippen molar-refractivity contribution in [3.63, 3.8) is 0 Å². The number of hydrogen-bond acceptors (Lipinski definition) is 5. The van der Waals surface area contributed by atoms with E-state index in [0.717, 1.165) is 12.8 Å². The average Bonchev–Trinajstić information content (AvgIpc) is 2.98. The topological polar surface area (TPSA) is 102 Å². The second kappa shape index (κ2) is 7.72. The molecule has 0 fully saturated rings. The first-order valence-corrected chi connectivity index (χ1v) is 8.00. The van der Waals surface area contributed by atoms with E-state index in [9.17, 15) is 9.59 Å². The number of hydrogen-bond donors (Lipinski definition) is 1. The number of aromatic nitrogens is 2. The van der Waals surface area contributed by atoms with E-state index >= 15 is 0 Å². The average molecular weight is 330 g/mol. The molecule has 2 heterocycles. The predicted octanol–water partition coefficient (Wildman–Crippen LogP) is 2.77. The van der Waals surface area contributed by atoms with Gasteiger partial charge in [-0.2, -0.15) is 0 Å². The number of anilines is 1. The second-order valence-electron chi connectivity index (χ2n) is 5.75. The maximum Gasteiger partial charge on any atom is 0.256 e. The first kappa shape index (κ1) is 17.7. The summed E-state index contributed by atoms with van der Waals surface area (Å²) in [6.07, 6.45) is 3.61. The summed E-state index contributed by atoms with van der Waals surface area (Å²) in [5.41, 5.74) is 6.31. The zero-order valence-electron chi connectivity index (χ0n) is 14.2. The van der Waals surface area contributed by atoms with Crippen LogP contribution in [-0.4, -0.2) is 28.0 Å². The summed E-state index contributed by atoms with van der Waals surface area (Å²) in [6, 6.07) is 5.03. The zero-order valence-corrected chi connectivity index (χ0v) is 14.2. The molecule has 2 N–H and O–H groups in total. The second-order valence-corrected chi connectivity index (χ2v) is 5.75. The highest BCUT2D eigenvalue weighted by Crippen LogP contribution is 2.31. The molecule has 2 aromatic rings. The number of amides is 2. The molecule has 0 saturated heterocycles. The number of primary amides is 1. The van der Waals surface area contributed by atoms with Crippen LogP contribution >= 0.6 is 0 Å². The Morgan fingerprint density at radius 1 is 1.33 bits per heavy atom. The fourth-order valence-corrected chi connectivity index (χ4v) is 2.43. The fourth-order valence-electron chi connectivity index (χ4n) is 2.43. The van der Waals surface area contributed by atoms with Crippen LogP contribution in [0.3, 0.4) is 0 Å². The molecule has 128 valence electrons. The van der Waals surface area contributed by atoms with Crippen molar-refractivity contribution in [3.05, 3.63) is 30.0 Å². The number of nitrogens with two attached hydrogens (primary N) is 1. The largest absolute Gasteiger partial charge is 0.365 e. The van der Waals surface area contributed by atoms with Crippen LogP contribution in [0.5, 0.6) is 0 Å². The molecule has 2 rings (SSSR count). The molecule has 0 saturated carbocycles. The summed E-state index contributed by atoms with van der Waals surface area (Å²) in [5.74, 6) is -0.752. The number of pyridine rings is 1. The van der Waals surface area contributed by atoms with Gasteiger partial charge in [0.2, 0.25) is 11.8 Å². The Kier molecular flexibility index (Phi) is 5.68. The number of carbonyl (C=O) groups is 2. The normalized spacial score (nSPS) is 10.8. The van der Waals surface area contributed by atoms with Crippen LogP contribution in [-0.2, 0) is 4.79 Å². The Morgan fingerprint density at radius 3 is 2.62 bits per heavy atom. The van der Waals surface area contributed by atoms with E-state index in [-0.39, 0.29) is 29.1 Å². The number of unbranched alkanes of at least 4 members (excludes halogenated alkanes) is 1. The zero-order chi connectivity index (χ0) is 17.7. The van der Waals surface area contributed by atoms with Gasteiger partial charge >= 0.3 is 0 Å². The highest BCUT2D eigenvalue weighted by atomic mass is 16.5. The summed E-state index contributed by atoms with van der Waals surface area (Å²) in [5, 5.41) is 3.94. The molecule has 0 aliphatic heterocycles. The van der Waals surface area contributed by atoms with Gasteiger partial charge in [-0.05, 0) is 32.4 Å². The van der Waals surface area contributed by atoms with Gasteiger partial charge < -0.3 is 10.3 Å². The molecule has 2 aromatic heterocycles. The third-order valence-electron chi connectivity index (χ3n) is 3.58. The van der Waals surface area contributed by atoms with Gasteiger partial charge in [0.25, 0.3) is 5.91 Å². The SMILES string of the molecule is CCCCC(=O)N(c1onc(-c2ccccn2)c1C(N)=O)C(C)C. The molecule has 0 aliphatic carbocycles. The summed E-state index contributed by atoms with van der Waals surface area (Å²) < 4.78 is 5.35. The van der Waals surface area contributed by atoms with Crippen LogP contribution in [0.1, 0.15) is 50.4 Å². The van der Waals surface area contributed by atoms with Gasteiger partial charge in [0.1, 0.15) is 11.3 Å². The van der Waals surface area contributed by atoms with E-state index in [0.29, 0.717) is 12.1 Å². The van der Waals surface area contributed by atoms with E-state index in [1.54, 1.807) is 24.4 Å². The van der Waals surface area contributed by atoms with Crippen molar-refractivity contribution in [2.45, 2.75) is 46.1 Å². The van der Waals surface area contributed by atoms with Gasteiger partial charge in [0.05, 0.1) is 5.69 Å². The lowest BCUT2D eigenvalue weighted by Crippen LogP contribution is -2.38. The highest BCUT2D eigenvalue weighted by Gasteiger charge is 2.31. The van der Waals surface area contributed by atoms with Gasteiger partial charge in [0.15, 0.2) is 0 Å². The van der Waals surface area contributed by atoms with Crippen LogP contribution in [0.15, 0.2) is 28.9 Å². The van der Waals surface area contributed by atoms with Gasteiger partial charge in [-0.15, -0.1) is 0 Å². The summed E-state index contributed by atoms with van der Waals surface area (Å²) in [7, 11) is 0. The van der Waals surface area contributed by atoms with Crippen LogP contribution in [0.2, 0.25) is 0 Å². The van der Waals surface area contributed by atoms with Gasteiger partial charge in [-0.25, -0.2) is 0 Å². The minimum Gasteiger partial charge on any atom is -0.365 e. The smallest absolute Gasteiger partial charge is 0.256 e. The maximum atomic E-state index is 12.5. The predicted molar refractivity (Wildman–Crippen MR) is 90.4 cm³/mol. The van der Waals surface area contributed by atoms with E-state index in [1.165, 1.54) is 4.90 Å². The molecule has 0 unspecified atom stereocenters. The lowest BCUT2D eigenvalue weighted by molar-refractivity contribution is -0.119. The van der Waals surface area contributed by atoms with Crippen molar-refractivity contribution in [1.82, 2.24) is 10.1 Å². The van der Waals surface area contributed by atoms with Crippen molar-refractivity contribution in [1.29, 1.82) is 0 Å². The minimum atomic E-state index is -0.708. The fraction of sp³-hybridized carbons (Fsp3) is 0.412. The van der Waals surface area contributed by atoms with Gasteiger partial charge in [-0.1, -0.05) is 24.6 Å². The summed E-state index contributed by atoms with van der Waals surface area (Å²) in [6.45, 7) is 5.70. The Labute approximate surface area is 140 Å². The van der Waals surface area contributed by atoms with Crippen LogP contribution in [0, 0.1) is 0 Å². The summed E-state index contributed by atoms with van der Waals surface area (Å²) >= 11 is 0. The molecule has 0 aliphatic rings. The number of carbonyl (C=O) groups excluding carboxylic acids is 2. The molecular formula is C17H22N4O3. The highest BCUT2D eigenvalue weighted by molar-refractivity contribution is 6.06. The minimum absolute atomic E-state index is 0.0762. The molecule has 7 nitrogen and oxygen atoms in total. The van der Waals surface area contributed by atoms with E-state index in [2.05, 4.69) is 10.1 Å². The third kappa shape index (κ3) is 3.61. The number of rotatable bonds is 7. The van der Waals surface area contributed by atoms with Crippen LogP contribution in [0.4, 0.5) is 5.88 Å². The molecule has 0 radical (unpaired) electrons. The van der Waals surface area contributed by atoms with Crippen molar-refractivity contribution < 1.29 is 14.1 Å². The van der Waals surface area contributed by atoms with Gasteiger partial charge in [0, 0.05) is 18.7 Å². The number of nitrogens with zero attached hydrogens (tertiary/aromatic N) is 3. The van der Waals surface area contributed by atoms with Crippen molar-refractivity contribution in [2.24, 2.45) is 5.73 Å². The molecule has 2 amide bonds. The van der Waals surface area contributed by atoms with Crippen LogP contribution in [0.25, 0.3) is 11.4 Å². The molecule has 0 spiro atoms. The molecule has 0 aromatic carbocycles. The van der Waals surface area contributed by atoms with Crippen molar-refractivity contribution >= 4 is 17.7 Å². The summed E-state index contributed by atoms with van der Waals surface area (Å²) in [4.78, 5) is 30.1. The Bertz CT molecular complexity index is 710. The maximum absolute atomic E-state index is 12.5. The van der Waals surface area contributed by atoms with E-state index in [1.807, 2.05) is 20.8 Å². The Balaban J connectivity index is 2.50. The standard InChI is InChI=1S/C17H22N4O3/c1-4-5-9-13(22)21(11(2)3)17-14(16(18)23)15(20-24-17)12-8-6-7-10-19-12/h6-8,10-11H,4-5,9H2,1-3H3,(H2,18,23). The lowest BCUT2D eigenvalue weighted by Gasteiger charge is -2.24.